The molecule has 1 amide bonds. The van der Waals surface area contributed by atoms with Crippen LogP contribution in [-0.4, -0.2) is 36.7 Å². The van der Waals surface area contributed by atoms with Crippen LogP contribution in [-0.2, 0) is 43.6 Å². The first-order valence-corrected chi connectivity index (χ1v) is 13.1. The summed E-state index contributed by atoms with van der Waals surface area (Å²) in [7, 11) is -4.48. The molecule has 2 aromatic carbocycles. The van der Waals surface area contributed by atoms with Crippen molar-refractivity contribution in [3.05, 3.63) is 64.0 Å². The van der Waals surface area contributed by atoms with E-state index >= 15 is 0 Å². The summed E-state index contributed by atoms with van der Waals surface area (Å²) in [5.41, 5.74) is 0.231. The second-order valence-electron chi connectivity index (χ2n) is 8.37. The third kappa shape index (κ3) is 6.83. The predicted octanol–water partition coefficient (Wildman–Crippen LogP) is 1.95. The van der Waals surface area contributed by atoms with E-state index in [0.29, 0.717) is 24.3 Å². The molecule has 14 heteroatoms. The van der Waals surface area contributed by atoms with Crippen LogP contribution in [0.2, 0.25) is 0 Å². The largest absolute Gasteiger partial charge is 1.00 e. The number of alkyl halides is 3. The van der Waals surface area contributed by atoms with Crippen molar-refractivity contribution < 1.29 is 70.2 Å². The van der Waals surface area contributed by atoms with Crippen LogP contribution in [0.25, 0.3) is 21.7 Å². The minimum absolute atomic E-state index is 0. The third-order valence-electron chi connectivity index (χ3n) is 5.75. The molecular weight excluding hydrogens is 550 g/mol. The zero-order valence-corrected chi connectivity index (χ0v) is 24.2. The normalized spacial score (nSPS) is 12.7. The number of hydrogen-bond acceptors (Lipinski definition) is 7. The molecule has 0 saturated heterocycles. The van der Waals surface area contributed by atoms with Gasteiger partial charge in [-0.05, 0) is 54.4 Å². The number of halogens is 3. The summed E-state index contributed by atoms with van der Waals surface area (Å²) in [6.45, 7) is 2.94. The standard InChI is InChI=1S/C25H24F3N3O6S.Na/c1-3-23(32)30-38(34,35)21-8-6-18(12-17(21)14-37-24(33)4-2)31-19(13-22(29-31)25(26,27)28)15-5-7-20-16(11-15)9-10-36-20;/h5-8,11-13H,3-4,9-10,14H2,1-2H3,(H,30,32);/q;+1/p-1. The second-order valence-corrected chi connectivity index (χ2v) is 9.94. The molecule has 3 aromatic rings. The first-order chi connectivity index (χ1) is 17.9. The molecular formula is C25H23F3N3NaO6S. The summed E-state index contributed by atoms with van der Waals surface area (Å²) in [4.78, 5) is 23.1. The molecule has 202 valence electrons. The fraction of sp³-hybridized carbons (Fsp3) is 0.320. The van der Waals surface area contributed by atoms with Crippen LogP contribution < -0.4 is 34.3 Å². The van der Waals surface area contributed by atoms with Crippen molar-refractivity contribution in [2.24, 2.45) is 0 Å². The average Bonchev–Trinajstić information content (AvgIpc) is 3.53. The Hall–Kier alpha value is -2.87. The van der Waals surface area contributed by atoms with Gasteiger partial charge < -0.3 is 19.0 Å². The maximum atomic E-state index is 13.7. The smallest absolute Gasteiger partial charge is 0.542 e. The van der Waals surface area contributed by atoms with Gasteiger partial charge in [-0.2, -0.15) is 18.3 Å². The van der Waals surface area contributed by atoms with E-state index in [4.69, 9.17) is 9.47 Å². The minimum atomic E-state index is -4.75. The number of esters is 1. The molecule has 0 atom stereocenters. The van der Waals surface area contributed by atoms with Gasteiger partial charge in [-0.3, -0.25) is 4.79 Å². The number of amides is 1. The van der Waals surface area contributed by atoms with Crippen LogP contribution in [0, 0.1) is 0 Å². The van der Waals surface area contributed by atoms with Gasteiger partial charge in [-0.15, -0.1) is 0 Å². The van der Waals surface area contributed by atoms with Gasteiger partial charge in [0.15, 0.2) is 5.69 Å². The van der Waals surface area contributed by atoms with Gasteiger partial charge in [-0.1, -0.05) is 13.8 Å². The van der Waals surface area contributed by atoms with Crippen LogP contribution in [0.3, 0.4) is 0 Å². The van der Waals surface area contributed by atoms with Crippen molar-refractivity contribution in [2.75, 3.05) is 6.61 Å². The fourth-order valence-electron chi connectivity index (χ4n) is 3.84. The quantitative estimate of drug-likeness (QED) is 0.299. The van der Waals surface area contributed by atoms with Crippen LogP contribution >= 0.6 is 0 Å². The SMILES string of the molecule is CCC(=O)[N-]S(=O)(=O)c1ccc(-n2nc(C(F)(F)F)cc2-c2ccc3c(c2)CCO3)cc1COC(=O)CC.[Na+]. The monoisotopic (exact) mass is 573 g/mol. The summed E-state index contributed by atoms with van der Waals surface area (Å²) < 4.78 is 81.5. The molecule has 0 bridgehead atoms. The van der Waals surface area contributed by atoms with E-state index in [9.17, 15) is 31.2 Å². The van der Waals surface area contributed by atoms with Crippen LogP contribution in [0.1, 0.15) is 43.5 Å². The molecule has 0 aliphatic carbocycles. The summed E-state index contributed by atoms with van der Waals surface area (Å²) in [6, 6.07) is 9.48. The molecule has 1 aliphatic rings. The van der Waals surface area contributed by atoms with Crippen LogP contribution in [0.15, 0.2) is 47.4 Å². The fourth-order valence-corrected chi connectivity index (χ4v) is 5.02. The van der Waals surface area contributed by atoms with E-state index in [1.165, 1.54) is 19.1 Å². The maximum Gasteiger partial charge on any atom is 1.00 e. The molecule has 0 spiro atoms. The van der Waals surface area contributed by atoms with Gasteiger partial charge in [0.25, 0.3) is 0 Å². The van der Waals surface area contributed by atoms with E-state index in [-0.39, 0.29) is 59.3 Å². The Bertz CT molecular complexity index is 1510. The zero-order chi connectivity index (χ0) is 27.7. The molecule has 9 nitrogen and oxygen atoms in total. The Kier molecular flexibility index (Phi) is 9.52. The first kappa shape index (κ1) is 30.7. The maximum absolute atomic E-state index is 13.7. The molecule has 0 radical (unpaired) electrons. The number of nitrogens with zero attached hydrogens (tertiary/aromatic N) is 3. The van der Waals surface area contributed by atoms with Gasteiger partial charge in [0.2, 0.25) is 0 Å². The number of aromatic nitrogens is 2. The number of carbonyl (C=O) groups is 2. The van der Waals surface area contributed by atoms with E-state index in [0.717, 1.165) is 22.4 Å². The molecule has 0 unspecified atom stereocenters. The Labute approximate surface area is 245 Å². The summed E-state index contributed by atoms with van der Waals surface area (Å²) in [5, 5.41) is 3.75. The summed E-state index contributed by atoms with van der Waals surface area (Å²) >= 11 is 0. The molecule has 0 fully saturated rings. The summed E-state index contributed by atoms with van der Waals surface area (Å²) in [5.74, 6) is -0.856. The molecule has 1 aliphatic heterocycles. The number of rotatable bonds is 8. The molecule has 39 heavy (non-hydrogen) atoms. The number of fused-ring (bicyclic) bond motifs is 1. The molecule has 4 rings (SSSR count). The molecule has 0 saturated carbocycles. The molecule has 2 heterocycles. The average molecular weight is 574 g/mol. The second kappa shape index (κ2) is 12.1. The summed E-state index contributed by atoms with van der Waals surface area (Å²) in [6.07, 6.45) is -4.29. The van der Waals surface area contributed by atoms with Crippen molar-refractivity contribution in [3.63, 3.8) is 0 Å². The number of ether oxygens (including phenoxy) is 2. The first-order valence-electron chi connectivity index (χ1n) is 11.7. The Balaban J connectivity index is 0.00000420. The van der Waals surface area contributed by atoms with Crippen LogP contribution in [0.5, 0.6) is 5.75 Å². The Morgan fingerprint density at radius 3 is 2.51 bits per heavy atom. The Morgan fingerprint density at radius 1 is 1.10 bits per heavy atom. The van der Waals surface area contributed by atoms with Crippen molar-refractivity contribution in [3.8, 4) is 22.7 Å². The van der Waals surface area contributed by atoms with E-state index in [1.807, 2.05) is 0 Å². The number of carbonyl (C=O) groups excluding carboxylic acids is 2. The zero-order valence-electron chi connectivity index (χ0n) is 21.4. The number of hydrogen-bond donors (Lipinski definition) is 0. The molecule has 1 aromatic heterocycles. The predicted molar refractivity (Wildman–Crippen MR) is 129 cm³/mol. The number of sulfonamides is 1. The molecule has 0 N–H and O–H groups in total. The van der Waals surface area contributed by atoms with Crippen molar-refractivity contribution >= 4 is 21.9 Å². The van der Waals surface area contributed by atoms with Crippen molar-refractivity contribution in [1.82, 2.24) is 9.78 Å². The van der Waals surface area contributed by atoms with Gasteiger partial charge in [0, 0.05) is 24.0 Å². The van der Waals surface area contributed by atoms with Gasteiger partial charge >= 0.3 is 41.7 Å². The van der Waals surface area contributed by atoms with E-state index in [1.54, 1.807) is 25.1 Å². The van der Waals surface area contributed by atoms with Crippen molar-refractivity contribution in [1.29, 1.82) is 0 Å². The van der Waals surface area contributed by atoms with Gasteiger partial charge in [0.05, 0.1) is 28.8 Å². The van der Waals surface area contributed by atoms with Gasteiger partial charge in [0.1, 0.15) is 22.4 Å². The van der Waals surface area contributed by atoms with E-state index < -0.39 is 45.3 Å². The third-order valence-corrected chi connectivity index (χ3v) is 7.15. The van der Waals surface area contributed by atoms with Crippen LogP contribution in [0.4, 0.5) is 13.2 Å². The minimum Gasteiger partial charge on any atom is -0.542 e. The number of benzene rings is 2. The van der Waals surface area contributed by atoms with Crippen molar-refractivity contribution in [2.45, 2.75) is 50.8 Å². The van der Waals surface area contributed by atoms with E-state index in [2.05, 4.69) is 9.82 Å². The Morgan fingerprint density at radius 2 is 1.85 bits per heavy atom. The topological polar surface area (TPSA) is 119 Å². The van der Waals surface area contributed by atoms with Gasteiger partial charge in [-0.25, -0.2) is 13.1 Å².